The molecule has 0 aliphatic carbocycles. The van der Waals surface area contributed by atoms with Crippen LogP contribution in [-0.4, -0.2) is 18.4 Å². The molecule has 0 radical (unpaired) electrons. The lowest BCUT2D eigenvalue weighted by molar-refractivity contribution is 0.112. The summed E-state index contributed by atoms with van der Waals surface area (Å²) in [7, 11) is 0. The smallest absolute Gasteiger partial charge is 0.507 e. The number of phenolic OH excluding ortho intramolecular Hbond substituents is 1. The van der Waals surface area contributed by atoms with E-state index < -0.39 is 18.2 Å². The van der Waals surface area contributed by atoms with Gasteiger partial charge in [-0.3, -0.25) is 4.79 Å². The number of carbonyl (C=O) groups is 1. The van der Waals surface area contributed by atoms with Crippen LogP contribution in [0.15, 0.2) is 18.2 Å². The standard InChI is InChI=1S/C7H5BF3O2/c9-8(10,11)6-1-2-7(13)5(3-6)4-12/h1-4,13H/q-1. The minimum atomic E-state index is -5.12. The molecule has 0 unspecified atom stereocenters. The molecule has 0 heterocycles. The van der Waals surface area contributed by atoms with Crippen LogP contribution in [0, 0.1) is 0 Å². The van der Waals surface area contributed by atoms with Crippen LogP contribution in [0.2, 0.25) is 0 Å². The van der Waals surface area contributed by atoms with Crippen molar-refractivity contribution < 1.29 is 22.8 Å². The summed E-state index contributed by atoms with van der Waals surface area (Å²) in [5, 5.41) is 8.91. The Morgan fingerprint density at radius 3 is 2.38 bits per heavy atom. The SMILES string of the molecule is O=Cc1cc([B-](F)(F)F)ccc1O. The van der Waals surface area contributed by atoms with Crippen molar-refractivity contribution in [3.05, 3.63) is 23.8 Å². The number of hydrogen-bond donors (Lipinski definition) is 1. The van der Waals surface area contributed by atoms with Gasteiger partial charge < -0.3 is 18.1 Å². The molecule has 6 heteroatoms. The molecule has 0 amide bonds. The number of aromatic hydroxyl groups is 1. The molecule has 1 aromatic carbocycles. The van der Waals surface area contributed by atoms with Crippen molar-refractivity contribution in [1.82, 2.24) is 0 Å². The van der Waals surface area contributed by atoms with Crippen molar-refractivity contribution in [2.24, 2.45) is 0 Å². The molecule has 1 N–H and O–H groups in total. The molecule has 2 nitrogen and oxygen atoms in total. The van der Waals surface area contributed by atoms with E-state index in [1.165, 1.54) is 0 Å². The van der Waals surface area contributed by atoms with Gasteiger partial charge in [-0.2, -0.15) is 0 Å². The predicted octanol–water partition coefficient (Wildman–Crippen LogP) is 1.26. The lowest BCUT2D eigenvalue weighted by Gasteiger charge is -2.14. The molecule has 0 bridgehead atoms. The van der Waals surface area contributed by atoms with E-state index in [1.54, 1.807) is 0 Å². The molecule has 0 atom stereocenters. The van der Waals surface area contributed by atoms with Gasteiger partial charge in [0.2, 0.25) is 0 Å². The molecule has 0 aliphatic heterocycles. The molecular weight excluding hydrogens is 184 g/mol. The van der Waals surface area contributed by atoms with Crippen LogP contribution in [0.25, 0.3) is 0 Å². The maximum atomic E-state index is 12.1. The zero-order chi connectivity index (χ0) is 10.1. The maximum absolute atomic E-state index is 12.1. The second-order valence-corrected chi connectivity index (χ2v) is 2.51. The maximum Gasteiger partial charge on any atom is 0.509 e. The topological polar surface area (TPSA) is 37.3 Å². The third-order valence-electron chi connectivity index (χ3n) is 1.56. The summed E-state index contributed by atoms with van der Waals surface area (Å²) < 4.78 is 36.3. The van der Waals surface area contributed by atoms with Crippen molar-refractivity contribution in [3.63, 3.8) is 0 Å². The van der Waals surface area contributed by atoms with Gasteiger partial charge in [-0.15, -0.1) is 5.46 Å². The summed E-state index contributed by atoms with van der Waals surface area (Å²) in [5.41, 5.74) is -1.24. The second kappa shape index (κ2) is 3.12. The second-order valence-electron chi connectivity index (χ2n) is 2.51. The van der Waals surface area contributed by atoms with Gasteiger partial charge in [-0.25, -0.2) is 0 Å². The molecule has 0 aromatic heterocycles. The van der Waals surface area contributed by atoms with E-state index in [-0.39, 0.29) is 11.8 Å². The van der Waals surface area contributed by atoms with Gasteiger partial charge in [0.25, 0.3) is 0 Å². The third-order valence-corrected chi connectivity index (χ3v) is 1.56. The highest BCUT2D eigenvalue weighted by Gasteiger charge is 2.25. The first-order chi connectivity index (χ1) is 5.95. The zero-order valence-corrected chi connectivity index (χ0v) is 6.38. The van der Waals surface area contributed by atoms with Crippen molar-refractivity contribution in [3.8, 4) is 5.75 Å². The molecule has 0 aliphatic rings. The van der Waals surface area contributed by atoms with Crippen LogP contribution < -0.4 is 5.46 Å². The van der Waals surface area contributed by atoms with E-state index in [0.717, 1.165) is 12.1 Å². The van der Waals surface area contributed by atoms with Gasteiger partial charge >= 0.3 is 6.98 Å². The Morgan fingerprint density at radius 1 is 1.31 bits per heavy atom. The van der Waals surface area contributed by atoms with Gasteiger partial charge in [0, 0.05) is 0 Å². The average Bonchev–Trinajstić information content (AvgIpc) is 2.03. The highest BCUT2D eigenvalue weighted by Crippen LogP contribution is 2.16. The van der Waals surface area contributed by atoms with Crippen molar-refractivity contribution in [2.45, 2.75) is 0 Å². The van der Waals surface area contributed by atoms with Gasteiger partial charge in [-0.05, 0) is 6.07 Å². The van der Waals surface area contributed by atoms with Crippen LogP contribution in [-0.2, 0) is 0 Å². The van der Waals surface area contributed by atoms with Gasteiger partial charge in [0.1, 0.15) is 5.75 Å². The van der Waals surface area contributed by atoms with Gasteiger partial charge in [0.15, 0.2) is 6.29 Å². The first kappa shape index (κ1) is 9.63. The third kappa shape index (κ3) is 2.02. The Bertz CT molecular complexity index is 335. The molecule has 13 heavy (non-hydrogen) atoms. The summed E-state index contributed by atoms with van der Waals surface area (Å²) in [6, 6.07) is 2.22. The van der Waals surface area contributed by atoms with Crippen LogP contribution >= 0.6 is 0 Å². The van der Waals surface area contributed by atoms with Crippen LogP contribution in [0.4, 0.5) is 12.9 Å². The summed E-state index contributed by atoms with van der Waals surface area (Å²) in [6.07, 6.45) is 0.181. The molecular formula is C7H5BF3O2-. The fraction of sp³-hybridized carbons (Fsp3) is 0. The van der Waals surface area contributed by atoms with E-state index in [2.05, 4.69) is 0 Å². The molecule has 0 fully saturated rings. The number of hydrogen-bond acceptors (Lipinski definition) is 2. The van der Waals surface area contributed by atoms with Gasteiger partial charge in [-0.1, -0.05) is 12.1 Å². The normalized spacial score (nSPS) is 11.3. The fourth-order valence-electron chi connectivity index (χ4n) is 0.871. The molecule has 0 spiro atoms. The summed E-state index contributed by atoms with van der Waals surface area (Å²) in [5.74, 6) is -0.446. The predicted molar refractivity (Wildman–Crippen MR) is 42.2 cm³/mol. The molecule has 0 saturated heterocycles. The Kier molecular flexibility index (Phi) is 2.31. The largest absolute Gasteiger partial charge is 0.509 e. The van der Waals surface area contributed by atoms with E-state index in [4.69, 9.17) is 5.11 Å². The lowest BCUT2D eigenvalue weighted by atomic mass is 9.79. The number of aldehydes is 1. The van der Waals surface area contributed by atoms with Crippen molar-refractivity contribution in [2.75, 3.05) is 0 Å². The molecule has 1 rings (SSSR count). The van der Waals surface area contributed by atoms with Crippen molar-refractivity contribution >= 4 is 18.7 Å². The van der Waals surface area contributed by atoms with E-state index >= 15 is 0 Å². The quantitative estimate of drug-likeness (QED) is 0.561. The minimum Gasteiger partial charge on any atom is -0.507 e. The van der Waals surface area contributed by atoms with Gasteiger partial charge in [0.05, 0.1) is 5.56 Å². The van der Waals surface area contributed by atoms with E-state index in [9.17, 15) is 17.7 Å². The van der Waals surface area contributed by atoms with Crippen molar-refractivity contribution in [1.29, 1.82) is 0 Å². The molecule has 1 aromatic rings. The summed E-state index contributed by atoms with van der Waals surface area (Å²) in [6.45, 7) is -5.12. The van der Waals surface area contributed by atoms with E-state index in [1.807, 2.05) is 0 Å². The molecule has 0 saturated carbocycles. The van der Waals surface area contributed by atoms with Crippen LogP contribution in [0.5, 0.6) is 5.75 Å². The Morgan fingerprint density at radius 2 is 1.92 bits per heavy atom. The number of benzene rings is 1. The zero-order valence-electron chi connectivity index (χ0n) is 6.38. The highest BCUT2D eigenvalue weighted by atomic mass is 19.4. The highest BCUT2D eigenvalue weighted by molar-refractivity contribution is 6.73. The number of phenols is 1. The summed E-state index contributed by atoms with van der Waals surface area (Å²) >= 11 is 0. The first-order valence-corrected chi connectivity index (χ1v) is 3.43. The number of rotatable bonds is 2. The first-order valence-electron chi connectivity index (χ1n) is 3.43. The lowest BCUT2D eigenvalue weighted by Crippen LogP contribution is -2.34. The van der Waals surface area contributed by atoms with E-state index in [0.29, 0.717) is 6.07 Å². The number of carbonyl (C=O) groups excluding carboxylic acids is 1. The Labute approximate surface area is 72.1 Å². The fourth-order valence-corrected chi connectivity index (χ4v) is 0.871. The Hall–Kier alpha value is -1.46. The average molecular weight is 189 g/mol. The van der Waals surface area contributed by atoms with Crippen LogP contribution in [0.1, 0.15) is 10.4 Å². The Balaban J connectivity index is 3.21. The summed E-state index contributed by atoms with van der Waals surface area (Å²) in [4.78, 5) is 10.2. The minimum absolute atomic E-state index is 0.181. The molecule has 70 valence electrons. The van der Waals surface area contributed by atoms with Crippen LogP contribution in [0.3, 0.4) is 0 Å². The number of halogens is 3. The monoisotopic (exact) mass is 189 g/mol.